The first-order chi connectivity index (χ1) is 8.84. The lowest BCUT2D eigenvalue weighted by Crippen LogP contribution is -2.37. The van der Waals surface area contributed by atoms with Crippen molar-refractivity contribution in [2.45, 2.75) is 40.2 Å². The van der Waals surface area contributed by atoms with E-state index >= 15 is 0 Å². The van der Waals surface area contributed by atoms with Crippen LogP contribution < -0.4 is 9.88 Å². The quantitative estimate of drug-likeness (QED) is 0.783. The van der Waals surface area contributed by atoms with Crippen molar-refractivity contribution >= 4 is 10.0 Å². The molecule has 110 valence electrons. The summed E-state index contributed by atoms with van der Waals surface area (Å²) >= 11 is 0. The lowest BCUT2D eigenvalue weighted by molar-refractivity contribution is 0.154. The molecule has 0 fully saturated rings. The van der Waals surface area contributed by atoms with Crippen LogP contribution in [0.4, 0.5) is 0 Å². The molecule has 0 unspecified atom stereocenters. The van der Waals surface area contributed by atoms with Gasteiger partial charge in [0.05, 0.1) is 24.8 Å². The van der Waals surface area contributed by atoms with E-state index in [1.54, 1.807) is 17.1 Å². The summed E-state index contributed by atoms with van der Waals surface area (Å²) < 4.78 is 30.1. The standard InChI is InChI=1S/C12H23N3O3S/c1-4-12(5-2,10-19(13,16)17)9-18-11-7-14-15(6-3)8-11/h7-8H,4-6,9-10H2,1-3H3,(H2,13,16,17). The molecular weight excluding hydrogens is 266 g/mol. The summed E-state index contributed by atoms with van der Waals surface area (Å²) in [5.74, 6) is 0.595. The van der Waals surface area contributed by atoms with Crippen LogP contribution >= 0.6 is 0 Å². The van der Waals surface area contributed by atoms with Gasteiger partial charge >= 0.3 is 0 Å². The van der Waals surface area contributed by atoms with Crippen molar-refractivity contribution in [3.05, 3.63) is 12.4 Å². The number of hydrogen-bond acceptors (Lipinski definition) is 4. The number of hydrogen-bond donors (Lipinski definition) is 1. The molecule has 0 saturated carbocycles. The second-order valence-electron chi connectivity index (χ2n) is 4.83. The van der Waals surface area contributed by atoms with Crippen LogP contribution in [0.5, 0.6) is 5.75 Å². The molecular formula is C12H23N3O3S. The van der Waals surface area contributed by atoms with Gasteiger partial charge in [0, 0.05) is 12.0 Å². The zero-order valence-electron chi connectivity index (χ0n) is 11.8. The lowest BCUT2D eigenvalue weighted by Gasteiger charge is -2.30. The van der Waals surface area contributed by atoms with Gasteiger partial charge in [0.2, 0.25) is 10.0 Å². The Kier molecular flexibility index (Phi) is 5.37. The van der Waals surface area contributed by atoms with Crippen molar-refractivity contribution in [3.63, 3.8) is 0 Å². The molecule has 0 aliphatic heterocycles. The van der Waals surface area contributed by atoms with Gasteiger partial charge in [0.1, 0.15) is 0 Å². The van der Waals surface area contributed by atoms with Crippen molar-refractivity contribution in [1.82, 2.24) is 9.78 Å². The summed E-state index contributed by atoms with van der Waals surface area (Å²) in [6.45, 7) is 6.99. The van der Waals surface area contributed by atoms with Crippen LogP contribution in [0, 0.1) is 5.41 Å². The Morgan fingerprint density at radius 3 is 2.42 bits per heavy atom. The summed E-state index contributed by atoms with van der Waals surface area (Å²) in [6, 6.07) is 0. The molecule has 2 N–H and O–H groups in total. The summed E-state index contributed by atoms with van der Waals surface area (Å²) in [6.07, 6.45) is 4.83. The van der Waals surface area contributed by atoms with Crippen LogP contribution in [-0.2, 0) is 16.6 Å². The van der Waals surface area contributed by atoms with Crippen molar-refractivity contribution in [1.29, 1.82) is 0 Å². The van der Waals surface area contributed by atoms with Gasteiger partial charge < -0.3 is 4.74 Å². The van der Waals surface area contributed by atoms with Crippen molar-refractivity contribution < 1.29 is 13.2 Å². The molecule has 7 heteroatoms. The Balaban J connectivity index is 2.73. The first-order valence-corrected chi connectivity index (χ1v) is 8.21. The summed E-state index contributed by atoms with van der Waals surface area (Å²) in [5, 5.41) is 9.28. The van der Waals surface area contributed by atoms with Crippen molar-refractivity contribution in [3.8, 4) is 5.75 Å². The van der Waals surface area contributed by atoms with Crippen LogP contribution in [-0.4, -0.2) is 30.6 Å². The topological polar surface area (TPSA) is 87.2 Å². The number of nitrogens with zero attached hydrogens (tertiary/aromatic N) is 2. The number of primary sulfonamides is 1. The zero-order chi connectivity index (χ0) is 14.5. The monoisotopic (exact) mass is 289 g/mol. The number of ether oxygens (including phenoxy) is 1. The summed E-state index contributed by atoms with van der Waals surface area (Å²) in [4.78, 5) is 0. The fourth-order valence-electron chi connectivity index (χ4n) is 1.96. The maximum absolute atomic E-state index is 11.3. The van der Waals surface area contributed by atoms with Crippen LogP contribution in [0.1, 0.15) is 33.6 Å². The number of aromatic nitrogens is 2. The largest absolute Gasteiger partial charge is 0.490 e. The first kappa shape index (κ1) is 16.0. The molecule has 0 aliphatic carbocycles. The molecule has 0 bridgehead atoms. The Hall–Kier alpha value is -1.08. The van der Waals surface area contributed by atoms with Gasteiger partial charge in [-0.25, -0.2) is 13.6 Å². The predicted octanol–water partition coefficient (Wildman–Crippen LogP) is 1.38. The van der Waals surface area contributed by atoms with Crippen LogP contribution in [0.15, 0.2) is 12.4 Å². The second kappa shape index (κ2) is 6.38. The third-order valence-electron chi connectivity index (χ3n) is 3.49. The number of rotatable bonds is 8. The van der Waals surface area contributed by atoms with E-state index in [4.69, 9.17) is 9.88 Å². The molecule has 1 rings (SSSR count). The van der Waals surface area contributed by atoms with Crippen molar-refractivity contribution in [2.75, 3.05) is 12.4 Å². The average Bonchev–Trinajstić information content (AvgIpc) is 2.81. The number of nitrogens with two attached hydrogens (primary N) is 1. The summed E-state index contributed by atoms with van der Waals surface area (Å²) in [7, 11) is -3.51. The molecule has 1 aromatic heterocycles. The van der Waals surface area contributed by atoms with Crippen LogP contribution in [0.2, 0.25) is 0 Å². The maximum atomic E-state index is 11.3. The normalized spacial score (nSPS) is 12.6. The van der Waals surface area contributed by atoms with E-state index in [0.29, 0.717) is 25.2 Å². The minimum Gasteiger partial charge on any atom is -0.490 e. The molecule has 0 amide bonds. The number of sulfonamides is 1. The van der Waals surface area contributed by atoms with E-state index in [2.05, 4.69) is 5.10 Å². The highest BCUT2D eigenvalue weighted by molar-refractivity contribution is 7.89. The molecule has 19 heavy (non-hydrogen) atoms. The highest BCUT2D eigenvalue weighted by Gasteiger charge is 2.32. The molecule has 0 atom stereocenters. The molecule has 0 spiro atoms. The van der Waals surface area contributed by atoms with Gasteiger partial charge in [-0.3, -0.25) is 4.68 Å². The lowest BCUT2D eigenvalue weighted by atomic mass is 9.85. The Labute approximate surface area is 115 Å². The van der Waals surface area contributed by atoms with E-state index in [1.807, 2.05) is 20.8 Å². The van der Waals surface area contributed by atoms with Gasteiger partial charge in [-0.1, -0.05) is 13.8 Å². The maximum Gasteiger partial charge on any atom is 0.209 e. The van der Waals surface area contributed by atoms with E-state index < -0.39 is 15.4 Å². The molecule has 1 aromatic rings. The van der Waals surface area contributed by atoms with Gasteiger partial charge in [0.15, 0.2) is 5.75 Å². The smallest absolute Gasteiger partial charge is 0.209 e. The highest BCUT2D eigenvalue weighted by atomic mass is 32.2. The summed E-state index contributed by atoms with van der Waals surface area (Å²) in [5.41, 5.74) is -0.443. The molecule has 0 radical (unpaired) electrons. The Bertz CT molecular complexity index is 492. The fourth-order valence-corrected chi connectivity index (χ4v) is 3.30. The molecule has 0 saturated heterocycles. The highest BCUT2D eigenvalue weighted by Crippen LogP contribution is 2.29. The molecule has 0 aliphatic rings. The van der Waals surface area contributed by atoms with Gasteiger partial charge in [-0.15, -0.1) is 0 Å². The van der Waals surface area contributed by atoms with Gasteiger partial charge in [0.25, 0.3) is 0 Å². The minimum absolute atomic E-state index is 0.0606. The van der Waals surface area contributed by atoms with Crippen molar-refractivity contribution in [2.24, 2.45) is 10.6 Å². The fraction of sp³-hybridized carbons (Fsp3) is 0.750. The van der Waals surface area contributed by atoms with Crippen LogP contribution in [0.25, 0.3) is 0 Å². The predicted molar refractivity (Wildman–Crippen MR) is 74.4 cm³/mol. The van der Waals surface area contributed by atoms with E-state index in [9.17, 15) is 8.42 Å². The average molecular weight is 289 g/mol. The minimum atomic E-state index is -3.51. The molecule has 6 nitrogen and oxygen atoms in total. The van der Waals surface area contributed by atoms with Gasteiger partial charge in [-0.2, -0.15) is 5.10 Å². The van der Waals surface area contributed by atoms with E-state index in [-0.39, 0.29) is 5.75 Å². The Morgan fingerprint density at radius 1 is 1.37 bits per heavy atom. The zero-order valence-corrected chi connectivity index (χ0v) is 12.6. The first-order valence-electron chi connectivity index (χ1n) is 6.50. The Morgan fingerprint density at radius 2 is 2.00 bits per heavy atom. The third-order valence-corrected chi connectivity index (χ3v) is 4.50. The number of aryl methyl sites for hydroxylation is 1. The van der Waals surface area contributed by atoms with E-state index in [0.717, 1.165) is 6.54 Å². The van der Waals surface area contributed by atoms with E-state index in [1.165, 1.54) is 0 Å². The molecule has 0 aromatic carbocycles. The van der Waals surface area contributed by atoms with Crippen LogP contribution in [0.3, 0.4) is 0 Å². The SMILES string of the molecule is CCn1cc(OCC(CC)(CC)CS(N)(=O)=O)cn1. The van der Waals surface area contributed by atoms with Gasteiger partial charge in [-0.05, 0) is 19.8 Å². The molecule has 1 heterocycles. The second-order valence-corrected chi connectivity index (χ2v) is 6.45. The third kappa shape index (κ3) is 4.83.